The third-order valence-corrected chi connectivity index (χ3v) is 5.24. The molecule has 1 aliphatic heterocycles. The van der Waals surface area contributed by atoms with E-state index < -0.39 is 0 Å². The van der Waals surface area contributed by atoms with Crippen LogP contribution in [0.4, 0.5) is 5.69 Å². The summed E-state index contributed by atoms with van der Waals surface area (Å²) in [4.78, 5) is 39.3. The van der Waals surface area contributed by atoms with Crippen molar-refractivity contribution in [2.24, 2.45) is 0 Å². The van der Waals surface area contributed by atoms with Crippen LogP contribution in [-0.2, 0) is 17.6 Å². The maximum absolute atomic E-state index is 13.2. The zero-order valence-electron chi connectivity index (χ0n) is 18.0. The molecule has 0 atom stereocenters. The van der Waals surface area contributed by atoms with E-state index in [2.05, 4.69) is 5.32 Å². The van der Waals surface area contributed by atoms with Gasteiger partial charge < -0.3 is 15.0 Å². The number of carbonyl (C=O) groups is 3. The van der Waals surface area contributed by atoms with Crippen molar-refractivity contribution < 1.29 is 19.1 Å². The Hall–Kier alpha value is -3.15. The molecule has 0 aromatic heterocycles. The molecule has 2 aromatic rings. The van der Waals surface area contributed by atoms with Gasteiger partial charge in [0, 0.05) is 35.0 Å². The molecule has 1 aliphatic rings. The van der Waals surface area contributed by atoms with E-state index in [1.807, 2.05) is 32.0 Å². The second kappa shape index (κ2) is 9.11. The summed E-state index contributed by atoms with van der Waals surface area (Å²) in [7, 11) is 1.55. The Balaban J connectivity index is 1.91. The Bertz CT molecular complexity index is 981. The first-order chi connectivity index (χ1) is 14.3. The third-order valence-electron chi connectivity index (χ3n) is 5.24. The summed E-state index contributed by atoms with van der Waals surface area (Å²) in [5.41, 5.74) is 3.53. The summed E-state index contributed by atoms with van der Waals surface area (Å²) >= 11 is 0. The van der Waals surface area contributed by atoms with Crippen LogP contribution in [0.3, 0.4) is 0 Å². The zero-order chi connectivity index (χ0) is 21.8. The van der Waals surface area contributed by atoms with E-state index in [9.17, 15) is 14.4 Å². The monoisotopic (exact) mass is 408 g/mol. The molecule has 0 radical (unpaired) electrons. The van der Waals surface area contributed by atoms with E-state index in [0.29, 0.717) is 29.0 Å². The van der Waals surface area contributed by atoms with Crippen molar-refractivity contribution in [2.75, 3.05) is 18.6 Å². The molecular weight excluding hydrogens is 380 g/mol. The van der Waals surface area contributed by atoms with Crippen LogP contribution in [-0.4, -0.2) is 37.3 Å². The van der Waals surface area contributed by atoms with Crippen molar-refractivity contribution in [1.82, 2.24) is 5.32 Å². The van der Waals surface area contributed by atoms with Crippen molar-refractivity contribution in [1.29, 1.82) is 0 Å². The van der Waals surface area contributed by atoms with E-state index in [4.69, 9.17) is 4.74 Å². The molecule has 6 nitrogen and oxygen atoms in total. The van der Waals surface area contributed by atoms with Gasteiger partial charge in [0.1, 0.15) is 5.75 Å². The first-order valence-electron chi connectivity index (χ1n) is 10.2. The number of amides is 2. The number of nitrogens with zero attached hydrogens (tertiary/aromatic N) is 1. The average molecular weight is 408 g/mol. The van der Waals surface area contributed by atoms with Crippen LogP contribution in [0.15, 0.2) is 36.4 Å². The fraction of sp³-hybridized carbons (Fsp3) is 0.375. The van der Waals surface area contributed by atoms with E-state index >= 15 is 0 Å². The number of benzene rings is 2. The lowest BCUT2D eigenvalue weighted by Crippen LogP contribution is -2.38. The van der Waals surface area contributed by atoms with Crippen LogP contribution >= 0.6 is 0 Å². The van der Waals surface area contributed by atoms with E-state index in [1.165, 1.54) is 6.92 Å². The molecule has 0 saturated heterocycles. The lowest BCUT2D eigenvalue weighted by molar-refractivity contribution is -0.118. The molecule has 0 fully saturated rings. The predicted molar refractivity (Wildman–Crippen MR) is 116 cm³/mol. The van der Waals surface area contributed by atoms with Gasteiger partial charge in [0.15, 0.2) is 5.78 Å². The van der Waals surface area contributed by atoms with Gasteiger partial charge in [-0.25, -0.2) is 0 Å². The van der Waals surface area contributed by atoms with E-state index in [0.717, 1.165) is 24.1 Å². The number of ketones is 1. The highest BCUT2D eigenvalue weighted by Gasteiger charge is 2.27. The molecule has 2 aromatic carbocycles. The molecule has 0 unspecified atom stereocenters. The maximum Gasteiger partial charge on any atom is 0.251 e. The molecule has 3 rings (SSSR count). The SMILES string of the molecule is COc1ccc(C(C)=O)cc1CC(=O)N1CCCc2c(C(=O)NC(C)C)cccc21. The van der Waals surface area contributed by atoms with Gasteiger partial charge in [0.2, 0.25) is 5.91 Å². The number of nitrogens with one attached hydrogen (secondary N) is 1. The van der Waals surface area contributed by atoms with Crippen LogP contribution in [0, 0.1) is 0 Å². The Morgan fingerprint density at radius 3 is 2.60 bits per heavy atom. The minimum Gasteiger partial charge on any atom is -0.496 e. The summed E-state index contributed by atoms with van der Waals surface area (Å²) in [6, 6.07) is 10.7. The second-order valence-corrected chi connectivity index (χ2v) is 7.84. The van der Waals surface area contributed by atoms with Crippen LogP contribution in [0.1, 0.15) is 59.0 Å². The number of ether oxygens (including phenoxy) is 1. The minimum absolute atomic E-state index is 0.0377. The molecular formula is C24H28N2O4. The predicted octanol–water partition coefficient (Wildman–Crippen LogP) is 3.56. The molecule has 1 N–H and O–H groups in total. The maximum atomic E-state index is 13.2. The van der Waals surface area contributed by atoms with E-state index in [1.54, 1.807) is 30.2 Å². The highest BCUT2D eigenvalue weighted by atomic mass is 16.5. The summed E-state index contributed by atoms with van der Waals surface area (Å²) < 4.78 is 5.39. The Labute approximate surface area is 177 Å². The largest absolute Gasteiger partial charge is 0.496 e. The standard InChI is InChI=1S/C24H28N2O4/c1-15(2)25-24(29)20-7-5-9-21-19(20)8-6-12-26(21)23(28)14-18-13-17(16(3)27)10-11-22(18)30-4/h5,7,9-11,13,15H,6,8,12,14H2,1-4H3,(H,25,29). The van der Waals surface area contributed by atoms with Gasteiger partial charge in [0.05, 0.1) is 13.5 Å². The second-order valence-electron chi connectivity index (χ2n) is 7.84. The number of hydrogen-bond acceptors (Lipinski definition) is 4. The number of anilines is 1. The zero-order valence-corrected chi connectivity index (χ0v) is 18.0. The lowest BCUT2D eigenvalue weighted by Gasteiger charge is -2.31. The molecule has 2 amide bonds. The van der Waals surface area contributed by atoms with Crippen molar-refractivity contribution in [3.8, 4) is 5.75 Å². The van der Waals surface area contributed by atoms with Gasteiger partial charge in [-0.05, 0) is 69.5 Å². The topological polar surface area (TPSA) is 75.7 Å². The van der Waals surface area contributed by atoms with Gasteiger partial charge >= 0.3 is 0 Å². The lowest BCUT2D eigenvalue weighted by atomic mass is 9.95. The molecule has 0 bridgehead atoms. The summed E-state index contributed by atoms with van der Waals surface area (Å²) in [5, 5.41) is 2.93. The average Bonchev–Trinajstić information content (AvgIpc) is 2.72. The smallest absolute Gasteiger partial charge is 0.251 e. The Morgan fingerprint density at radius 2 is 1.93 bits per heavy atom. The fourth-order valence-corrected chi connectivity index (χ4v) is 3.83. The molecule has 6 heteroatoms. The van der Waals surface area contributed by atoms with Gasteiger partial charge in [-0.15, -0.1) is 0 Å². The molecule has 0 saturated carbocycles. The summed E-state index contributed by atoms with van der Waals surface area (Å²) in [6.07, 6.45) is 1.66. The number of carbonyl (C=O) groups excluding carboxylic acids is 3. The van der Waals surface area contributed by atoms with Crippen molar-refractivity contribution in [3.63, 3.8) is 0 Å². The van der Waals surface area contributed by atoms with Crippen molar-refractivity contribution in [3.05, 3.63) is 58.7 Å². The van der Waals surface area contributed by atoms with E-state index in [-0.39, 0.29) is 30.1 Å². The first-order valence-corrected chi connectivity index (χ1v) is 10.2. The molecule has 0 aliphatic carbocycles. The third kappa shape index (κ3) is 4.53. The molecule has 0 spiro atoms. The van der Waals surface area contributed by atoms with Crippen LogP contribution in [0.2, 0.25) is 0 Å². The highest BCUT2D eigenvalue weighted by Crippen LogP contribution is 2.31. The van der Waals surface area contributed by atoms with Gasteiger partial charge in [-0.2, -0.15) is 0 Å². The minimum atomic E-state index is -0.119. The molecule has 158 valence electrons. The van der Waals surface area contributed by atoms with Gasteiger partial charge in [0.25, 0.3) is 5.91 Å². The normalized spacial score (nSPS) is 13.0. The van der Waals surface area contributed by atoms with Crippen molar-refractivity contribution >= 4 is 23.3 Å². The number of fused-ring (bicyclic) bond motifs is 1. The van der Waals surface area contributed by atoms with Gasteiger partial charge in [-0.1, -0.05) is 6.07 Å². The van der Waals surface area contributed by atoms with Crippen LogP contribution in [0.5, 0.6) is 5.75 Å². The molecule has 1 heterocycles. The summed E-state index contributed by atoms with van der Waals surface area (Å²) in [5.74, 6) is 0.314. The quantitative estimate of drug-likeness (QED) is 0.742. The highest BCUT2D eigenvalue weighted by molar-refractivity contribution is 6.02. The van der Waals surface area contributed by atoms with Crippen LogP contribution in [0.25, 0.3) is 0 Å². The number of methoxy groups -OCH3 is 1. The van der Waals surface area contributed by atoms with Crippen molar-refractivity contribution in [2.45, 2.75) is 46.1 Å². The summed E-state index contributed by atoms with van der Waals surface area (Å²) in [6.45, 7) is 5.94. The Kier molecular flexibility index (Phi) is 6.55. The van der Waals surface area contributed by atoms with Crippen LogP contribution < -0.4 is 15.0 Å². The molecule has 30 heavy (non-hydrogen) atoms. The Morgan fingerprint density at radius 1 is 1.17 bits per heavy atom. The fourth-order valence-electron chi connectivity index (χ4n) is 3.83. The van der Waals surface area contributed by atoms with Gasteiger partial charge in [-0.3, -0.25) is 14.4 Å². The first kappa shape index (κ1) is 21.6. The number of rotatable bonds is 6. The number of Topliss-reactive ketones (excluding diaryl/α,β-unsaturated/α-hetero) is 1. The number of hydrogen-bond donors (Lipinski definition) is 1.